The van der Waals surface area contributed by atoms with Crippen LogP contribution in [0.1, 0.15) is 59.3 Å². The molecule has 29 heavy (non-hydrogen) atoms. The highest BCUT2D eigenvalue weighted by Crippen LogP contribution is 2.57. The number of alkyl halides is 7. The second-order valence-corrected chi connectivity index (χ2v) is 8.40. The molecule has 4 nitrogen and oxygen atoms in total. The van der Waals surface area contributed by atoms with Crippen LogP contribution in [0.3, 0.4) is 0 Å². The molecule has 1 aliphatic carbocycles. The van der Waals surface area contributed by atoms with Crippen molar-refractivity contribution in [3.8, 4) is 0 Å². The van der Waals surface area contributed by atoms with Crippen LogP contribution in [0.15, 0.2) is 0 Å². The molecule has 0 spiro atoms. The van der Waals surface area contributed by atoms with Crippen molar-refractivity contribution < 1.29 is 50.1 Å². The molecule has 1 heterocycles. The van der Waals surface area contributed by atoms with Gasteiger partial charge in [0.05, 0.1) is 5.41 Å². The van der Waals surface area contributed by atoms with Crippen LogP contribution in [0.5, 0.6) is 0 Å². The Morgan fingerprint density at radius 1 is 1.10 bits per heavy atom. The minimum atomic E-state index is -6.11. The summed E-state index contributed by atoms with van der Waals surface area (Å²) in [6.07, 6.45) is -11.1. The number of carbonyl (C=O) groups is 1. The topological polar surface area (TPSA) is 55.8 Å². The maximum atomic E-state index is 15.0. The maximum absolute atomic E-state index is 15.0. The summed E-state index contributed by atoms with van der Waals surface area (Å²) >= 11 is 0. The highest BCUT2D eigenvalue weighted by Gasteiger charge is 2.84. The third kappa shape index (κ3) is 3.96. The fourth-order valence-corrected chi connectivity index (χ4v) is 3.58. The Balaban J connectivity index is 2.54. The molecular formula is C18H25F7O4. The van der Waals surface area contributed by atoms with Crippen molar-refractivity contribution in [2.45, 2.75) is 95.3 Å². The molecule has 170 valence electrons. The van der Waals surface area contributed by atoms with Gasteiger partial charge >= 0.3 is 29.8 Å². The van der Waals surface area contributed by atoms with Gasteiger partial charge in [-0.1, -0.05) is 26.2 Å². The molecule has 1 saturated carbocycles. The van der Waals surface area contributed by atoms with Gasteiger partial charge in [-0.3, -0.25) is 4.79 Å². The van der Waals surface area contributed by atoms with Crippen LogP contribution < -0.4 is 0 Å². The van der Waals surface area contributed by atoms with Crippen molar-refractivity contribution >= 4 is 5.97 Å². The molecule has 0 aromatic rings. The highest BCUT2D eigenvalue weighted by atomic mass is 19.4. The van der Waals surface area contributed by atoms with Gasteiger partial charge in [0.15, 0.2) is 0 Å². The second-order valence-electron chi connectivity index (χ2n) is 8.40. The summed E-state index contributed by atoms with van der Waals surface area (Å²) in [4.78, 5) is 12.2. The highest BCUT2D eigenvalue weighted by molar-refractivity contribution is 5.76. The number of carbonyl (C=O) groups excluding carboxylic acids is 1. The molecule has 1 N–H and O–H groups in total. The number of hydrogen-bond acceptors (Lipinski definition) is 4. The van der Waals surface area contributed by atoms with Gasteiger partial charge in [0.1, 0.15) is 6.10 Å². The van der Waals surface area contributed by atoms with Gasteiger partial charge in [-0.05, 0) is 39.0 Å². The molecule has 0 aromatic carbocycles. The third-order valence-electron chi connectivity index (χ3n) is 5.93. The predicted molar refractivity (Wildman–Crippen MR) is 86.3 cm³/mol. The van der Waals surface area contributed by atoms with E-state index in [1.54, 1.807) is 0 Å². The first-order chi connectivity index (χ1) is 13.0. The monoisotopic (exact) mass is 438 g/mol. The van der Waals surface area contributed by atoms with Crippen LogP contribution >= 0.6 is 0 Å². The van der Waals surface area contributed by atoms with E-state index in [9.17, 15) is 31.9 Å². The average molecular weight is 438 g/mol. The molecule has 0 radical (unpaired) electrons. The fraction of sp³-hybridized carbons (Fsp3) is 0.944. The fourth-order valence-electron chi connectivity index (χ4n) is 3.58. The summed E-state index contributed by atoms with van der Waals surface area (Å²) in [5.74, 6) is -18.2. The number of halogens is 7. The van der Waals surface area contributed by atoms with E-state index < -0.39 is 53.3 Å². The minimum absolute atomic E-state index is 0.00177. The third-order valence-corrected chi connectivity index (χ3v) is 5.93. The molecule has 0 bridgehead atoms. The van der Waals surface area contributed by atoms with E-state index in [1.165, 1.54) is 20.8 Å². The molecule has 3 atom stereocenters. The van der Waals surface area contributed by atoms with Crippen LogP contribution in [0.2, 0.25) is 0 Å². The van der Waals surface area contributed by atoms with E-state index in [1.807, 2.05) is 0 Å². The van der Waals surface area contributed by atoms with Gasteiger partial charge in [-0.2, -0.15) is 30.7 Å². The van der Waals surface area contributed by atoms with Crippen LogP contribution in [-0.2, 0) is 14.3 Å². The zero-order valence-electron chi connectivity index (χ0n) is 16.3. The van der Waals surface area contributed by atoms with E-state index in [-0.39, 0.29) is 19.3 Å². The molecule has 2 fully saturated rings. The second kappa shape index (κ2) is 7.55. The Hall–Kier alpha value is -1.10. The zero-order chi connectivity index (χ0) is 22.5. The molecular weight excluding hydrogens is 413 g/mol. The van der Waals surface area contributed by atoms with Crippen molar-refractivity contribution in [1.29, 1.82) is 0 Å². The molecule has 2 rings (SSSR count). The Labute approximate surface area is 163 Å². The Kier molecular flexibility index (Phi) is 6.29. The van der Waals surface area contributed by atoms with Crippen molar-refractivity contribution in [3.05, 3.63) is 0 Å². The summed E-state index contributed by atoms with van der Waals surface area (Å²) in [6, 6.07) is 0. The van der Waals surface area contributed by atoms with Crippen molar-refractivity contribution in [2.24, 2.45) is 11.3 Å². The standard InChI is InChI=1S/C18H25F7O4/c1-4-14(2,3)13(26)28-12-15(19,20)11(10-8-6-5-7-9-10)29-17(27,16(12,21)22)18(23,24)25/h10-12,27H,4-9H2,1-3H3. The summed E-state index contributed by atoms with van der Waals surface area (Å²) < 4.78 is 108. The lowest BCUT2D eigenvalue weighted by Gasteiger charge is -2.52. The first-order valence-corrected chi connectivity index (χ1v) is 9.46. The van der Waals surface area contributed by atoms with Gasteiger partial charge < -0.3 is 14.6 Å². The SMILES string of the molecule is CCC(C)(C)C(=O)OC1C(F)(F)C(C2CCCCC2)OC(O)(C(F)(F)F)C1(F)F. The predicted octanol–water partition coefficient (Wildman–Crippen LogP) is 4.84. The van der Waals surface area contributed by atoms with E-state index in [2.05, 4.69) is 9.47 Å². The lowest BCUT2D eigenvalue weighted by atomic mass is 9.78. The van der Waals surface area contributed by atoms with E-state index in [0.717, 1.165) is 0 Å². The number of rotatable bonds is 4. The van der Waals surface area contributed by atoms with Crippen LogP contribution in [0.4, 0.5) is 30.7 Å². The summed E-state index contributed by atoms with van der Waals surface area (Å²) in [5.41, 5.74) is -1.50. The molecule has 1 saturated heterocycles. The molecule has 3 unspecified atom stereocenters. The van der Waals surface area contributed by atoms with Crippen LogP contribution in [-0.4, -0.2) is 47.1 Å². The largest absolute Gasteiger partial charge is 0.449 e. The Bertz CT molecular complexity index is 614. The van der Waals surface area contributed by atoms with Crippen LogP contribution in [0, 0.1) is 11.3 Å². The van der Waals surface area contributed by atoms with Gasteiger partial charge in [-0.15, -0.1) is 0 Å². The Morgan fingerprint density at radius 2 is 1.62 bits per heavy atom. The van der Waals surface area contributed by atoms with E-state index >= 15 is 8.78 Å². The zero-order valence-corrected chi connectivity index (χ0v) is 16.3. The van der Waals surface area contributed by atoms with Crippen LogP contribution in [0.25, 0.3) is 0 Å². The van der Waals surface area contributed by atoms with Gasteiger partial charge in [0, 0.05) is 0 Å². The normalized spacial score (nSPS) is 33.3. The first kappa shape index (κ1) is 24.2. The van der Waals surface area contributed by atoms with Crippen molar-refractivity contribution in [3.63, 3.8) is 0 Å². The van der Waals surface area contributed by atoms with Gasteiger partial charge in [-0.25, -0.2) is 0 Å². The molecule has 0 aromatic heterocycles. The lowest BCUT2D eigenvalue weighted by molar-refractivity contribution is -0.499. The van der Waals surface area contributed by atoms with E-state index in [4.69, 9.17) is 0 Å². The maximum Gasteiger partial charge on any atom is 0.449 e. The first-order valence-electron chi connectivity index (χ1n) is 9.46. The number of ether oxygens (including phenoxy) is 2. The minimum Gasteiger partial charge on any atom is -0.449 e. The summed E-state index contributed by atoms with van der Waals surface area (Å²) in [5, 5.41) is 9.79. The van der Waals surface area contributed by atoms with Crippen molar-refractivity contribution in [2.75, 3.05) is 0 Å². The smallest absolute Gasteiger partial charge is 0.449 e. The average Bonchev–Trinajstić information content (AvgIpc) is 2.61. The summed E-state index contributed by atoms with van der Waals surface area (Å²) in [6.45, 7) is 3.90. The molecule has 11 heteroatoms. The van der Waals surface area contributed by atoms with Crippen molar-refractivity contribution in [1.82, 2.24) is 0 Å². The quantitative estimate of drug-likeness (QED) is 0.505. The molecule has 0 amide bonds. The lowest BCUT2D eigenvalue weighted by Crippen LogP contribution is -2.77. The Morgan fingerprint density at radius 3 is 2.07 bits per heavy atom. The van der Waals surface area contributed by atoms with Gasteiger partial charge in [0.2, 0.25) is 6.10 Å². The summed E-state index contributed by atoms with van der Waals surface area (Å²) in [7, 11) is 0. The molecule has 2 aliphatic rings. The number of aliphatic hydroxyl groups is 1. The number of hydrogen-bond donors (Lipinski definition) is 1. The molecule has 1 aliphatic heterocycles. The number of esters is 1. The van der Waals surface area contributed by atoms with E-state index in [0.29, 0.717) is 19.3 Å². The van der Waals surface area contributed by atoms with Gasteiger partial charge in [0.25, 0.3) is 0 Å².